The van der Waals surface area contributed by atoms with Crippen LogP contribution in [0.25, 0.3) is 0 Å². The van der Waals surface area contributed by atoms with Gasteiger partial charge in [-0.25, -0.2) is 0 Å². The topological polar surface area (TPSA) is 26.3 Å². The number of halogens is 1. The number of hydrogen-bond acceptors (Lipinski definition) is 2. The van der Waals surface area contributed by atoms with Crippen molar-refractivity contribution in [2.75, 3.05) is 11.9 Å². The van der Waals surface area contributed by atoms with E-state index in [9.17, 15) is 4.79 Å². The van der Waals surface area contributed by atoms with E-state index in [0.717, 1.165) is 31.0 Å². The van der Waals surface area contributed by atoms with Crippen molar-refractivity contribution < 1.29 is 9.53 Å². The van der Waals surface area contributed by atoms with Crippen LogP contribution >= 0.6 is 15.9 Å². The summed E-state index contributed by atoms with van der Waals surface area (Å²) in [7, 11) is 0. The molecule has 0 aromatic carbocycles. The van der Waals surface area contributed by atoms with Gasteiger partial charge in [0.05, 0.1) is 6.61 Å². The molecule has 0 saturated heterocycles. The molecule has 0 aliphatic carbocycles. The fourth-order valence-electron chi connectivity index (χ4n) is 2.71. The number of carbonyl (C=O) groups excluding carboxylic acids is 1. The number of carbonyl (C=O) groups is 1. The van der Waals surface area contributed by atoms with E-state index in [1.54, 1.807) is 0 Å². The van der Waals surface area contributed by atoms with E-state index in [4.69, 9.17) is 4.74 Å². The third-order valence-electron chi connectivity index (χ3n) is 4.37. The monoisotopic (exact) mass is 428 g/mol. The molecule has 0 atom stereocenters. The summed E-state index contributed by atoms with van der Waals surface area (Å²) in [6.07, 6.45) is 26.6. The third-order valence-corrected chi connectivity index (χ3v) is 4.93. The van der Waals surface area contributed by atoms with E-state index in [-0.39, 0.29) is 5.97 Å². The predicted molar refractivity (Wildman–Crippen MR) is 118 cm³/mol. The molecule has 3 heteroatoms. The van der Waals surface area contributed by atoms with Crippen molar-refractivity contribution in [2.24, 2.45) is 0 Å². The quantitative estimate of drug-likeness (QED) is 0.0902. The average molecular weight is 429 g/mol. The summed E-state index contributed by atoms with van der Waals surface area (Å²) in [5.74, 6) is -0.0338. The first-order valence-corrected chi connectivity index (χ1v) is 11.9. The van der Waals surface area contributed by atoms with Gasteiger partial charge >= 0.3 is 5.97 Å². The molecule has 0 aliphatic heterocycles. The zero-order chi connectivity index (χ0) is 19.1. The van der Waals surface area contributed by atoms with E-state index in [2.05, 4.69) is 47.2 Å². The van der Waals surface area contributed by atoms with Gasteiger partial charge in [0.15, 0.2) is 0 Å². The maximum Gasteiger partial charge on any atom is 0.305 e. The van der Waals surface area contributed by atoms with Crippen molar-refractivity contribution >= 4 is 21.9 Å². The predicted octanol–water partition coefficient (Wildman–Crippen LogP) is 7.91. The number of rotatable bonds is 19. The van der Waals surface area contributed by atoms with E-state index in [1.165, 1.54) is 64.2 Å². The normalized spacial score (nSPS) is 11.6. The highest BCUT2D eigenvalue weighted by Gasteiger charge is 2.01. The highest BCUT2D eigenvalue weighted by Crippen LogP contribution is 2.09. The van der Waals surface area contributed by atoms with Gasteiger partial charge in [0.2, 0.25) is 0 Å². The lowest BCUT2D eigenvalue weighted by molar-refractivity contribution is -0.143. The van der Waals surface area contributed by atoms with Crippen LogP contribution in [0.5, 0.6) is 0 Å². The van der Waals surface area contributed by atoms with Gasteiger partial charge in [0, 0.05) is 11.8 Å². The highest BCUT2D eigenvalue weighted by atomic mass is 79.9. The van der Waals surface area contributed by atoms with Crippen molar-refractivity contribution in [3.8, 4) is 0 Å². The number of ether oxygens (including phenoxy) is 1. The molecule has 0 unspecified atom stereocenters. The molecule has 0 radical (unpaired) electrons. The smallest absolute Gasteiger partial charge is 0.305 e. The maximum absolute atomic E-state index is 11.4. The van der Waals surface area contributed by atoms with Crippen molar-refractivity contribution in [3.63, 3.8) is 0 Å². The van der Waals surface area contributed by atoms with Crippen LogP contribution in [0, 0.1) is 0 Å². The largest absolute Gasteiger partial charge is 0.466 e. The van der Waals surface area contributed by atoms with Gasteiger partial charge in [-0.05, 0) is 51.4 Å². The summed E-state index contributed by atoms with van der Waals surface area (Å²) < 4.78 is 5.24. The molecule has 0 saturated carbocycles. The van der Waals surface area contributed by atoms with Crippen LogP contribution in [0.2, 0.25) is 0 Å². The van der Waals surface area contributed by atoms with Crippen LogP contribution in [0.1, 0.15) is 103 Å². The fourth-order valence-corrected chi connectivity index (χ4v) is 3.11. The van der Waals surface area contributed by atoms with Crippen LogP contribution in [0.4, 0.5) is 0 Å². The van der Waals surface area contributed by atoms with Gasteiger partial charge < -0.3 is 4.74 Å². The number of esters is 1. The minimum atomic E-state index is -0.0338. The van der Waals surface area contributed by atoms with Gasteiger partial charge in [0.1, 0.15) is 0 Å². The summed E-state index contributed by atoms with van der Waals surface area (Å²) in [5.41, 5.74) is 0. The van der Waals surface area contributed by atoms with Crippen LogP contribution in [0.15, 0.2) is 24.3 Å². The van der Waals surface area contributed by atoms with Crippen molar-refractivity contribution in [1.82, 2.24) is 0 Å². The molecule has 0 aromatic heterocycles. The molecule has 0 fully saturated rings. The third kappa shape index (κ3) is 21.5. The number of hydrogen-bond donors (Lipinski definition) is 0. The summed E-state index contributed by atoms with van der Waals surface area (Å²) >= 11 is 3.37. The standard InChI is InChI=1S/C23H41BrO2/c1-2-3-4-5-6-7-8-9-10-11-12-13-14-15-16-19-22-26-23(25)20-17-18-21-24/h6-7,9-10H,2-5,8,11-22H2,1H3. The van der Waals surface area contributed by atoms with Gasteiger partial charge in [-0.15, -0.1) is 0 Å². The second-order valence-corrected chi connectivity index (χ2v) is 7.74. The molecule has 0 rings (SSSR count). The fraction of sp³-hybridized carbons (Fsp3) is 0.783. The molecule has 0 bridgehead atoms. The Morgan fingerprint density at radius 3 is 2.04 bits per heavy atom. The first-order chi connectivity index (χ1) is 12.8. The van der Waals surface area contributed by atoms with Gasteiger partial charge in [-0.3, -0.25) is 4.79 Å². The Hall–Kier alpha value is -0.570. The molecule has 2 nitrogen and oxygen atoms in total. The van der Waals surface area contributed by atoms with Crippen molar-refractivity contribution in [2.45, 2.75) is 103 Å². The second-order valence-electron chi connectivity index (χ2n) is 6.95. The van der Waals surface area contributed by atoms with E-state index in [0.29, 0.717) is 13.0 Å². The molecule has 0 N–H and O–H groups in total. The van der Waals surface area contributed by atoms with E-state index in [1.807, 2.05) is 0 Å². The van der Waals surface area contributed by atoms with Crippen molar-refractivity contribution in [3.05, 3.63) is 24.3 Å². The molecule has 0 aromatic rings. The molecular formula is C23H41BrO2. The Morgan fingerprint density at radius 1 is 0.769 bits per heavy atom. The Morgan fingerprint density at radius 2 is 1.38 bits per heavy atom. The van der Waals surface area contributed by atoms with Gasteiger partial charge in [-0.2, -0.15) is 0 Å². The number of allylic oxidation sites excluding steroid dienone is 4. The Labute approximate surface area is 171 Å². The summed E-state index contributed by atoms with van der Waals surface area (Å²) in [4.78, 5) is 11.4. The van der Waals surface area contributed by atoms with Crippen LogP contribution in [0.3, 0.4) is 0 Å². The molecule has 0 amide bonds. The minimum Gasteiger partial charge on any atom is -0.466 e. The Bertz CT molecular complexity index is 350. The zero-order valence-electron chi connectivity index (χ0n) is 17.0. The summed E-state index contributed by atoms with van der Waals surface area (Å²) in [6.45, 7) is 2.85. The molecule has 0 heterocycles. The lowest BCUT2D eigenvalue weighted by Gasteiger charge is -2.04. The molecule has 26 heavy (non-hydrogen) atoms. The van der Waals surface area contributed by atoms with Crippen molar-refractivity contribution in [1.29, 1.82) is 0 Å². The molecule has 0 aliphatic rings. The lowest BCUT2D eigenvalue weighted by Crippen LogP contribution is -2.05. The number of unbranched alkanes of at least 4 members (excludes halogenated alkanes) is 10. The SMILES string of the molecule is CCCCCC=CCC=CCCCCCCCCOC(=O)CCCCBr. The molecular weight excluding hydrogens is 388 g/mol. The van der Waals surface area contributed by atoms with Crippen LogP contribution < -0.4 is 0 Å². The number of alkyl halides is 1. The van der Waals surface area contributed by atoms with E-state index < -0.39 is 0 Å². The Kier molecular flexibility index (Phi) is 22.0. The second kappa shape index (κ2) is 22.5. The zero-order valence-corrected chi connectivity index (χ0v) is 18.6. The van der Waals surface area contributed by atoms with Gasteiger partial charge in [-0.1, -0.05) is 85.7 Å². The minimum absolute atomic E-state index is 0.0338. The Balaban J connectivity index is 3.21. The van der Waals surface area contributed by atoms with E-state index >= 15 is 0 Å². The summed E-state index contributed by atoms with van der Waals surface area (Å²) in [5, 5.41) is 0.965. The van der Waals surface area contributed by atoms with Crippen LogP contribution in [-0.2, 0) is 9.53 Å². The molecule has 152 valence electrons. The van der Waals surface area contributed by atoms with Gasteiger partial charge in [0.25, 0.3) is 0 Å². The first kappa shape index (κ1) is 25.4. The average Bonchev–Trinajstić information content (AvgIpc) is 2.64. The highest BCUT2D eigenvalue weighted by molar-refractivity contribution is 9.09. The lowest BCUT2D eigenvalue weighted by atomic mass is 10.1. The van der Waals surface area contributed by atoms with Crippen LogP contribution in [-0.4, -0.2) is 17.9 Å². The summed E-state index contributed by atoms with van der Waals surface area (Å²) in [6, 6.07) is 0. The molecule has 0 spiro atoms. The maximum atomic E-state index is 11.4. The first-order valence-electron chi connectivity index (χ1n) is 10.8.